The number of fused-ring (bicyclic) bond motifs is 1. The fourth-order valence-corrected chi connectivity index (χ4v) is 3.33. The van der Waals surface area contributed by atoms with E-state index in [9.17, 15) is 0 Å². The second-order valence-corrected chi connectivity index (χ2v) is 6.28. The fraction of sp³-hybridized carbons (Fsp3) is 0.412. The highest BCUT2D eigenvalue weighted by molar-refractivity contribution is 5.87. The molecule has 124 valence electrons. The molecular weight excluding hydrogens is 302 g/mol. The van der Waals surface area contributed by atoms with Crippen molar-refractivity contribution in [3.05, 3.63) is 36.7 Å². The van der Waals surface area contributed by atoms with E-state index in [1.807, 2.05) is 6.07 Å². The Morgan fingerprint density at radius 2 is 1.96 bits per heavy atom. The van der Waals surface area contributed by atoms with Gasteiger partial charge < -0.3 is 14.8 Å². The molecule has 7 nitrogen and oxygen atoms in total. The van der Waals surface area contributed by atoms with Crippen LogP contribution in [0.4, 0.5) is 11.6 Å². The van der Waals surface area contributed by atoms with Gasteiger partial charge in [0.2, 0.25) is 0 Å². The molecule has 0 aromatic carbocycles. The van der Waals surface area contributed by atoms with Gasteiger partial charge in [0.15, 0.2) is 5.82 Å². The lowest BCUT2D eigenvalue weighted by atomic mass is 10.0. The highest BCUT2D eigenvalue weighted by atomic mass is 15.2. The molecule has 3 aromatic heterocycles. The van der Waals surface area contributed by atoms with Gasteiger partial charge in [-0.15, -0.1) is 0 Å². The minimum absolute atomic E-state index is 0.434. The zero-order valence-electron chi connectivity index (χ0n) is 14.0. The van der Waals surface area contributed by atoms with Crippen LogP contribution in [0.5, 0.6) is 0 Å². The standard InChI is InChI=1S/C17H21N7/c1-12-9-14-16(23(12)2)17(21-11-19-14)24-7-4-13(5-8-24)22-15-3-6-18-10-20-15/h3,6,9-11,13H,4-5,7-8H2,1-2H3,(H,18,20,22). The highest BCUT2D eigenvalue weighted by Crippen LogP contribution is 2.28. The maximum Gasteiger partial charge on any atom is 0.156 e. The third-order valence-corrected chi connectivity index (χ3v) is 4.77. The van der Waals surface area contributed by atoms with E-state index in [2.05, 4.69) is 54.8 Å². The van der Waals surface area contributed by atoms with Crippen LogP contribution in [0.1, 0.15) is 18.5 Å². The van der Waals surface area contributed by atoms with Crippen LogP contribution in [-0.2, 0) is 7.05 Å². The third-order valence-electron chi connectivity index (χ3n) is 4.77. The smallest absolute Gasteiger partial charge is 0.156 e. The van der Waals surface area contributed by atoms with E-state index in [1.165, 1.54) is 5.69 Å². The first kappa shape index (κ1) is 14.9. The summed E-state index contributed by atoms with van der Waals surface area (Å²) in [5.74, 6) is 1.93. The number of rotatable bonds is 3. The third kappa shape index (κ3) is 2.66. The molecule has 0 radical (unpaired) electrons. The van der Waals surface area contributed by atoms with Crippen LogP contribution in [0, 0.1) is 6.92 Å². The van der Waals surface area contributed by atoms with Crippen LogP contribution in [0.15, 0.2) is 31.0 Å². The molecule has 0 amide bonds. The molecule has 0 atom stereocenters. The van der Waals surface area contributed by atoms with Gasteiger partial charge in [0.1, 0.15) is 24.0 Å². The number of hydrogen-bond acceptors (Lipinski definition) is 6. The maximum atomic E-state index is 4.57. The monoisotopic (exact) mass is 323 g/mol. The number of anilines is 2. The predicted molar refractivity (Wildman–Crippen MR) is 94.1 cm³/mol. The zero-order chi connectivity index (χ0) is 16.5. The van der Waals surface area contributed by atoms with Crippen molar-refractivity contribution < 1.29 is 0 Å². The molecule has 1 aliphatic rings. The van der Waals surface area contributed by atoms with Gasteiger partial charge >= 0.3 is 0 Å². The Labute approximate surface area is 140 Å². The van der Waals surface area contributed by atoms with Crippen molar-refractivity contribution in [2.24, 2.45) is 7.05 Å². The summed E-state index contributed by atoms with van der Waals surface area (Å²) < 4.78 is 2.18. The van der Waals surface area contributed by atoms with Gasteiger partial charge in [0, 0.05) is 38.1 Å². The molecule has 1 N–H and O–H groups in total. The van der Waals surface area contributed by atoms with E-state index >= 15 is 0 Å². The van der Waals surface area contributed by atoms with Crippen LogP contribution < -0.4 is 10.2 Å². The average Bonchev–Trinajstić information content (AvgIpc) is 2.91. The minimum Gasteiger partial charge on any atom is -0.367 e. The summed E-state index contributed by atoms with van der Waals surface area (Å²) in [4.78, 5) is 19.5. The van der Waals surface area contributed by atoms with E-state index in [4.69, 9.17) is 0 Å². The van der Waals surface area contributed by atoms with E-state index in [0.717, 1.165) is 48.6 Å². The van der Waals surface area contributed by atoms with E-state index in [-0.39, 0.29) is 0 Å². The summed E-state index contributed by atoms with van der Waals surface area (Å²) in [6.45, 7) is 4.04. The molecule has 0 unspecified atom stereocenters. The van der Waals surface area contributed by atoms with E-state index in [1.54, 1.807) is 18.9 Å². The van der Waals surface area contributed by atoms with Crippen molar-refractivity contribution in [3.63, 3.8) is 0 Å². The number of nitrogens with zero attached hydrogens (tertiary/aromatic N) is 6. The van der Waals surface area contributed by atoms with Crippen molar-refractivity contribution in [1.82, 2.24) is 24.5 Å². The van der Waals surface area contributed by atoms with Gasteiger partial charge in [0.25, 0.3) is 0 Å². The Morgan fingerprint density at radius 1 is 1.12 bits per heavy atom. The molecule has 4 rings (SSSR count). The van der Waals surface area contributed by atoms with Crippen LogP contribution in [0.2, 0.25) is 0 Å². The summed E-state index contributed by atoms with van der Waals surface area (Å²) >= 11 is 0. The largest absolute Gasteiger partial charge is 0.367 e. The maximum absolute atomic E-state index is 4.57. The molecule has 1 aliphatic heterocycles. The summed E-state index contributed by atoms with van der Waals surface area (Å²) in [5, 5.41) is 3.49. The van der Waals surface area contributed by atoms with Crippen molar-refractivity contribution in [2.75, 3.05) is 23.3 Å². The van der Waals surface area contributed by atoms with E-state index < -0.39 is 0 Å². The first-order valence-corrected chi connectivity index (χ1v) is 8.27. The number of aromatic nitrogens is 5. The predicted octanol–water partition coefficient (Wildman–Crippen LogP) is 2.15. The lowest BCUT2D eigenvalue weighted by Gasteiger charge is -2.33. The molecule has 0 saturated carbocycles. The molecule has 4 heterocycles. The van der Waals surface area contributed by atoms with Crippen molar-refractivity contribution in [3.8, 4) is 0 Å². The van der Waals surface area contributed by atoms with Gasteiger partial charge in [-0.05, 0) is 31.9 Å². The van der Waals surface area contributed by atoms with E-state index in [0.29, 0.717) is 6.04 Å². The van der Waals surface area contributed by atoms with Crippen molar-refractivity contribution in [1.29, 1.82) is 0 Å². The van der Waals surface area contributed by atoms with Gasteiger partial charge in [-0.2, -0.15) is 0 Å². The number of hydrogen-bond donors (Lipinski definition) is 1. The lowest BCUT2D eigenvalue weighted by Crippen LogP contribution is -2.39. The topological polar surface area (TPSA) is 71.8 Å². The molecule has 24 heavy (non-hydrogen) atoms. The summed E-state index contributed by atoms with van der Waals surface area (Å²) in [5.41, 5.74) is 3.34. The normalized spacial score (nSPS) is 15.8. The fourth-order valence-electron chi connectivity index (χ4n) is 3.33. The Morgan fingerprint density at radius 3 is 2.71 bits per heavy atom. The second-order valence-electron chi connectivity index (χ2n) is 6.28. The highest BCUT2D eigenvalue weighted by Gasteiger charge is 2.23. The van der Waals surface area contributed by atoms with Crippen molar-refractivity contribution in [2.45, 2.75) is 25.8 Å². The lowest BCUT2D eigenvalue weighted by molar-refractivity contribution is 0.522. The Bertz CT molecular complexity index is 835. The van der Waals surface area contributed by atoms with Crippen LogP contribution in [0.3, 0.4) is 0 Å². The molecule has 0 spiro atoms. The Kier molecular flexibility index (Phi) is 3.76. The molecule has 1 fully saturated rings. The minimum atomic E-state index is 0.434. The summed E-state index contributed by atoms with van der Waals surface area (Å²) in [6, 6.07) is 4.46. The number of aryl methyl sites for hydroxylation is 2. The van der Waals surface area contributed by atoms with Gasteiger partial charge in [-0.25, -0.2) is 19.9 Å². The van der Waals surface area contributed by atoms with Crippen LogP contribution in [-0.4, -0.2) is 43.6 Å². The summed E-state index contributed by atoms with van der Waals surface area (Å²) in [7, 11) is 2.08. The van der Waals surface area contributed by atoms with Gasteiger partial charge in [-0.3, -0.25) is 0 Å². The SMILES string of the molecule is Cc1cc2ncnc(N3CCC(Nc4ccncn4)CC3)c2n1C. The van der Waals surface area contributed by atoms with Crippen LogP contribution >= 0.6 is 0 Å². The first-order chi connectivity index (χ1) is 11.7. The van der Waals surface area contributed by atoms with Gasteiger partial charge in [0.05, 0.1) is 5.52 Å². The zero-order valence-corrected chi connectivity index (χ0v) is 14.0. The number of piperidine rings is 1. The van der Waals surface area contributed by atoms with Crippen molar-refractivity contribution >= 4 is 22.7 Å². The Balaban J connectivity index is 1.50. The molecule has 7 heteroatoms. The molecule has 0 bridgehead atoms. The summed E-state index contributed by atoms with van der Waals surface area (Å²) in [6.07, 6.45) is 7.12. The first-order valence-electron chi connectivity index (χ1n) is 8.27. The van der Waals surface area contributed by atoms with Gasteiger partial charge in [-0.1, -0.05) is 0 Å². The quantitative estimate of drug-likeness (QED) is 0.796. The average molecular weight is 323 g/mol. The number of nitrogens with one attached hydrogen (secondary N) is 1. The molecule has 3 aromatic rings. The molecular formula is C17H21N7. The second kappa shape index (κ2) is 6.07. The van der Waals surface area contributed by atoms with Crippen LogP contribution in [0.25, 0.3) is 11.0 Å². The molecule has 0 aliphatic carbocycles. The molecule has 1 saturated heterocycles. The Hall–Kier alpha value is -2.70.